The Morgan fingerprint density at radius 3 is 2.50 bits per heavy atom. The summed E-state index contributed by atoms with van der Waals surface area (Å²) in [5.41, 5.74) is 3.10. The fourth-order valence-corrected chi connectivity index (χ4v) is 2.39. The van der Waals surface area contributed by atoms with Crippen LogP contribution >= 0.6 is 15.9 Å². The molecule has 106 valence electrons. The fourth-order valence-electron chi connectivity index (χ4n) is 1.96. The molecule has 0 amide bonds. The minimum atomic E-state index is -0.251. The summed E-state index contributed by atoms with van der Waals surface area (Å²) in [5, 5.41) is 0.559. The highest BCUT2D eigenvalue weighted by atomic mass is 79.9. The molecule has 0 aromatic heterocycles. The van der Waals surface area contributed by atoms with Gasteiger partial charge in [0.2, 0.25) is 0 Å². The van der Waals surface area contributed by atoms with Gasteiger partial charge < -0.3 is 4.74 Å². The number of alkyl halides is 1. The molecule has 0 radical (unpaired) electrons. The lowest BCUT2D eigenvalue weighted by Gasteiger charge is -2.14. The maximum Gasteiger partial charge on any atom is 0.131 e. The molecule has 0 saturated carbocycles. The number of benzene rings is 2. The first-order valence-electron chi connectivity index (χ1n) is 6.64. The second kappa shape index (κ2) is 6.40. The van der Waals surface area contributed by atoms with Crippen molar-refractivity contribution in [2.45, 2.75) is 32.0 Å². The number of ether oxygens (including phenoxy) is 1. The first-order chi connectivity index (χ1) is 9.51. The van der Waals surface area contributed by atoms with Gasteiger partial charge in [-0.05, 0) is 48.2 Å². The van der Waals surface area contributed by atoms with E-state index in [4.69, 9.17) is 4.74 Å². The van der Waals surface area contributed by atoms with E-state index in [2.05, 4.69) is 48.0 Å². The Morgan fingerprint density at radius 2 is 1.85 bits per heavy atom. The van der Waals surface area contributed by atoms with Crippen molar-refractivity contribution < 1.29 is 9.13 Å². The smallest absolute Gasteiger partial charge is 0.131 e. The highest BCUT2D eigenvalue weighted by Gasteiger charge is 2.09. The van der Waals surface area contributed by atoms with Gasteiger partial charge in [-0.1, -0.05) is 41.9 Å². The van der Waals surface area contributed by atoms with Crippen molar-refractivity contribution in [3.63, 3.8) is 0 Å². The quantitative estimate of drug-likeness (QED) is 0.627. The molecule has 0 atom stereocenters. The van der Waals surface area contributed by atoms with Crippen molar-refractivity contribution in [3.8, 4) is 11.5 Å². The van der Waals surface area contributed by atoms with Gasteiger partial charge in [0.25, 0.3) is 0 Å². The summed E-state index contributed by atoms with van der Waals surface area (Å²) in [7, 11) is 0. The van der Waals surface area contributed by atoms with E-state index in [1.165, 1.54) is 17.7 Å². The largest absolute Gasteiger partial charge is 0.457 e. The summed E-state index contributed by atoms with van der Waals surface area (Å²) in [5.74, 6) is 1.71. The molecular formula is C17H18BrFO. The summed E-state index contributed by atoms with van der Waals surface area (Å²) in [6.07, 6.45) is 0. The molecule has 2 aromatic rings. The lowest BCUT2D eigenvalue weighted by Crippen LogP contribution is -1.95. The van der Waals surface area contributed by atoms with E-state index in [9.17, 15) is 4.39 Å². The SMILES string of the molecule is Cc1ccc(C(C)C)cc1Oc1ccc(F)cc1CBr. The minimum absolute atomic E-state index is 0.251. The lowest BCUT2D eigenvalue weighted by molar-refractivity contribution is 0.471. The van der Waals surface area contributed by atoms with E-state index < -0.39 is 0 Å². The van der Waals surface area contributed by atoms with Crippen LogP contribution in [-0.2, 0) is 5.33 Å². The third-order valence-electron chi connectivity index (χ3n) is 3.27. The number of halogens is 2. The van der Waals surface area contributed by atoms with Gasteiger partial charge in [-0.15, -0.1) is 0 Å². The molecule has 3 heteroatoms. The second-order valence-electron chi connectivity index (χ2n) is 5.17. The average molecular weight is 337 g/mol. The predicted octanol–water partition coefficient (Wildman–Crippen LogP) is 5.94. The lowest BCUT2D eigenvalue weighted by atomic mass is 10.0. The van der Waals surface area contributed by atoms with Gasteiger partial charge in [-0.25, -0.2) is 4.39 Å². The fraction of sp³-hybridized carbons (Fsp3) is 0.294. The zero-order chi connectivity index (χ0) is 14.7. The van der Waals surface area contributed by atoms with Crippen LogP contribution < -0.4 is 4.74 Å². The molecule has 1 nitrogen and oxygen atoms in total. The third kappa shape index (κ3) is 3.40. The first-order valence-corrected chi connectivity index (χ1v) is 7.76. The van der Waals surface area contributed by atoms with Crippen molar-refractivity contribution in [3.05, 3.63) is 58.9 Å². The maximum atomic E-state index is 13.2. The summed E-state index contributed by atoms with van der Waals surface area (Å²) in [6.45, 7) is 6.31. The van der Waals surface area contributed by atoms with Crippen LogP contribution in [0.4, 0.5) is 4.39 Å². The molecule has 0 aliphatic carbocycles. The molecule has 2 aromatic carbocycles. The Bertz CT molecular complexity index is 608. The van der Waals surface area contributed by atoms with Gasteiger partial charge in [-0.3, -0.25) is 0 Å². The van der Waals surface area contributed by atoms with Crippen LogP contribution in [0.2, 0.25) is 0 Å². The van der Waals surface area contributed by atoms with Crippen LogP contribution in [0.15, 0.2) is 36.4 Å². The van der Waals surface area contributed by atoms with Crippen LogP contribution in [0.3, 0.4) is 0 Å². The summed E-state index contributed by atoms with van der Waals surface area (Å²) in [4.78, 5) is 0. The summed E-state index contributed by atoms with van der Waals surface area (Å²) >= 11 is 3.37. The van der Waals surface area contributed by atoms with Gasteiger partial charge in [0.05, 0.1) is 0 Å². The molecule has 20 heavy (non-hydrogen) atoms. The molecule has 0 fully saturated rings. The van der Waals surface area contributed by atoms with Gasteiger partial charge in [0.15, 0.2) is 0 Å². The first kappa shape index (κ1) is 15.0. The van der Waals surface area contributed by atoms with Crippen molar-refractivity contribution >= 4 is 15.9 Å². The molecule has 0 aliphatic rings. The van der Waals surface area contributed by atoms with E-state index in [1.54, 1.807) is 6.07 Å². The Balaban J connectivity index is 2.36. The monoisotopic (exact) mass is 336 g/mol. The van der Waals surface area contributed by atoms with E-state index in [0.717, 1.165) is 16.9 Å². The zero-order valence-electron chi connectivity index (χ0n) is 11.9. The number of hydrogen-bond donors (Lipinski definition) is 0. The van der Waals surface area contributed by atoms with E-state index in [-0.39, 0.29) is 5.82 Å². The van der Waals surface area contributed by atoms with E-state index in [0.29, 0.717) is 17.0 Å². The number of rotatable bonds is 4. The van der Waals surface area contributed by atoms with Gasteiger partial charge in [0, 0.05) is 10.9 Å². The van der Waals surface area contributed by atoms with Crippen LogP contribution in [0.1, 0.15) is 36.5 Å². The van der Waals surface area contributed by atoms with E-state index >= 15 is 0 Å². The van der Waals surface area contributed by atoms with Gasteiger partial charge in [-0.2, -0.15) is 0 Å². The van der Waals surface area contributed by atoms with Crippen LogP contribution in [0.5, 0.6) is 11.5 Å². The standard InChI is InChI=1S/C17H18BrFO/c1-11(2)13-5-4-12(3)17(9-13)20-16-7-6-15(19)8-14(16)10-18/h4-9,11H,10H2,1-3H3. The van der Waals surface area contributed by atoms with Crippen LogP contribution in [0.25, 0.3) is 0 Å². The topological polar surface area (TPSA) is 9.23 Å². The number of aryl methyl sites for hydroxylation is 1. The zero-order valence-corrected chi connectivity index (χ0v) is 13.5. The molecule has 0 unspecified atom stereocenters. The van der Waals surface area contributed by atoms with Gasteiger partial charge in [0.1, 0.15) is 17.3 Å². The summed E-state index contributed by atoms with van der Waals surface area (Å²) in [6, 6.07) is 10.8. The maximum absolute atomic E-state index is 13.2. The predicted molar refractivity (Wildman–Crippen MR) is 84.4 cm³/mol. The molecular weight excluding hydrogens is 319 g/mol. The second-order valence-corrected chi connectivity index (χ2v) is 5.73. The van der Waals surface area contributed by atoms with E-state index in [1.807, 2.05) is 6.92 Å². The average Bonchev–Trinajstić information content (AvgIpc) is 2.42. The van der Waals surface area contributed by atoms with Crippen molar-refractivity contribution in [1.29, 1.82) is 0 Å². The van der Waals surface area contributed by atoms with Crippen molar-refractivity contribution in [1.82, 2.24) is 0 Å². The molecule has 2 rings (SSSR count). The highest BCUT2D eigenvalue weighted by molar-refractivity contribution is 9.08. The Morgan fingerprint density at radius 1 is 1.10 bits per heavy atom. The Labute approximate surface area is 127 Å². The Hall–Kier alpha value is -1.35. The molecule has 0 heterocycles. The minimum Gasteiger partial charge on any atom is -0.457 e. The molecule has 0 spiro atoms. The molecule has 0 N–H and O–H groups in total. The number of hydrogen-bond acceptors (Lipinski definition) is 1. The third-order valence-corrected chi connectivity index (χ3v) is 3.87. The van der Waals surface area contributed by atoms with Crippen LogP contribution in [0, 0.1) is 12.7 Å². The Kier molecular flexibility index (Phi) is 4.81. The molecule has 0 saturated heterocycles. The molecule has 0 aliphatic heterocycles. The summed E-state index contributed by atoms with van der Waals surface area (Å²) < 4.78 is 19.2. The van der Waals surface area contributed by atoms with Gasteiger partial charge >= 0.3 is 0 Å². The van der Waals surface area contributed by atoms with Crippen LogP contribution in [-0.4, -0.2) is 0 Å². The van der Waals surface area contributed by atoms with Crippen molar-refractivity contribution in [2.75, 3.05) is 0 Å². The van der Waals surface area contributed by atoms with Crippen molar-refractivity contribution in [2.24, 2.45) is 0 Å². The normalized spacial score (nSPS) is 10.9. The highest BCUT2D eigenvalue weighted by Crippen LogP contribution is 2.31. The molecule has 0 bridgehead atoms.